The molecule has 0 aromatic rings. The van der Waals surface area contributed by atoms with Crippen LogP contribution in [0, 0.1) is 0 Å². The predicted octanol–water partition coefficient (Wildman–Crippen LogP) is 1.62. The lowest BCUT2D eigenvalue weighted by Crippen LogP contribution is -2.45. The molecule has 1 atom stereocenters. The average Bonchev–Trinajstić information content (AvgIpc) is 2.21. The topological polar surface area (TPSA) is 40.5 Å². The van der Waals surface area contributed by atoms with E-state index in [1.165, 1.54) is 11.0 Å². The van der Waals surface area contributed by atoms with E-state index in [-0.39, 0.29) is 5.91 Å². The maximum Gasteiger partial charge on any atom is 0.250 e. The summed E-state index contributed by atoms with van der Waals surface area (Å²) in [7, 11) is 0. The summed E-state index contributed by atoms with van der Waals surface area (Å²) in [6.07, 6.45) is 3.35. The van der Waals surface area contributed by atoms with Crippen molar-refractivity contribution < 1.29 is 9.90 Å². The zero-order valence-electron chi connectivity index (χ0n) is 7.88. The van der Waals surface area contributed by atoms with Gasteiger partial charge < -0.3 is 10.0 Å². The van der Waals surface area contributed by atoms with Crippen LogP contribution in [0.3, 0.4) is 0 Å². The Labute approximate surface area is 86.5 Å². The number of rotatable bonds is 3. The maximum absolute atomic E-state index is 11.4. The number of amides is 1. The molecular formula is C9H14BrNO2. The summed E-state index contributed by atoms with van der Waals surface area (Å²) >= 11 is 3.18. The summed E-state index contributed by atoms with van der Waals surface area (Å²) in [6, 6.07) is 0. The minimum Gasteiger partial charge on any atom is -0.366 e. The van der Waals surface area contributed by atoms with Gasteiger partial charge in [-0.3, -0.25) is 4.79 Å². The summed E-state index contributed by atoms with van der Waals surface area (Å²) in [5.41, 5.74) is -1.15. The van der Waals surface area contributed by atoms with Gasteiger partial charge in [-0.2, -0.15) is 0 Å². The molecule has 1 rings (SSSR count). The second-order valence-electron chi connectivity index (χ2n) is 3.36. The number of carbonyl (C=O) groups excluding carboxylic acids is 1. The molecule has 13 heavy (non-hydrogen) atoms. The summed E-state index contributed by atoms with van der Waals surface area (Å²) in [5, 5.41) is 9.91. The predicted molar refractivity (Wildman–Crippen MR) is 54.3 cm³/mol. The fourth-order valence-corrected chi connectivity index (χ4v) is 1.72. The fraction of sp³-hybridized carbons (Fsp3) is 0.667. The van der Waals surface area contributed by atoms with Crippen molar-refractivity contribution in [1.82, 2.24) is 4.90 Å². The molecule has 1 aliphatic heterocycles. The Morgan fingerprint density at radius 2 is 2.31 bits per heavy atom. The highest BCUT2D eigenvalue weighted by Gasteiger charge is 2.40. The van der Waals surface area contributed by atoms with Crippen molar-refractivity contribution in [3.05, 3.63) is 10.6 Å². The van der Waals surface area contributed by atoms with E-state index in [0.717, 1.165) is 12.8 Å². The molecular weight excluding hydrogens is 234 g/mol. The first kappa shape index (κ1) is 10.7. The Balaban J connectivity index is 2.71. The third kappa shape index (κ3) is 1.94. The van der Waals surface area contributed by atoms with Crippen molar-refractivity contribution in [2.45, 2.75) is 32.4 Å². The Bertz CT molecular complexity index is 248. The highest BCUT2D eigenvalue weighted by Crippen LogP contribution is 2.32. The van der Waals surface area contributed by atoms with Crippen LogP contribution in [0.4, 0.5) is 0 Å². The van der Waals surface area contributed by atoms with Crippen molar-refractivity contribution in [2.24, 2.45) is 0 Å². The lowest BCUT2D eigenvalue weighted by atomic mass is 10.2. The second kappa shape index (κ2) is 3.80. The lowest BCUT2D eigenvalue weighted by molar-refractivity contribution is -0.139. The van der Waals surface area contributed by atoms with Crippen LogP contribution in [-0.2, 0) is 4.79 Å². The summed E-state index contributed by atoms with van der Waals surface area (Å²) < 4.78 is 0.543. The molecule has 1 aliphatic rings. The third-order valence-corrected chi connectivity index (χ3v) is 3.21. The fourth-order valence-electron chi connectivity index (χ4n) is 1.31. The van der Waals surface area contributed by atoms with Crippen LogP contribution in [0.2, 0.25) is 0 Å². The van der Waals surface area contributed by atoms with E-state index >= 15 is 0 Å². The second-order valence-corrected chi connectivity index (χ2v) is 4.21. The molecule has 1 unspecified atom stereocenters. The van der Waals surface area contributed by atoms with E-state index in [4.69, 9.17) is 0 Å². The van der Waals surface area contributed by atoms with E-state index in [9.17, 15) is 9.90 Å². The van der Waals surface area contributed by atoms with E-state index < -0.39 is 5.72 Å². The van der Waals surface area contributed by atoms with Crippen LogP contribution in [0.25, 0.3) is 0 Å². The van der Waals surface area contributed by atoms with Crippen LogP contribution in [0.15, 0.2) is 10.6 Å². The number of carbonyl (C=O) groups is 1. The van der Waals surface area contributed by atoms with Gasteiger partial charge in [-0.1, -0.05) is 29.3 Å². The number of aliphatic hydroxyl groups is 1. The summed E-state index contributed by atoms with van der Waals surface area (Å²) in [6.45, 7) is 4.28. The van der Waals surface area contributed by atoms with Crippen LogP contribution in [-0.4, -0.2) is 28.2 Å². The molecule has 0 aromatic heterocycles. The van der Waals surface area contributed by atoms with E-state index in [0.29, 0.717) is 11.0 Å². The summed E-state index contributed by atoms with van der Waals surface area (Å²) in [4.78, 5) is 12.8. The Kier molecular flexibility index (Phi) is 3.14. The van der Waals surface area contributed by atoms with Crippen molar-refractivity contribution >= 4 is 21.8 Å². The van der Waals surface area contributed by atoms with Gasteiger partial charge in [0.05, 0.1) is 4.48 Å². The highest BCUT2D eigenvalue weighted by molar-refractivity contribution is 9.11. The first-order chi connectivity index (χ1) is 6.00. The van der Waals surface area contributed by atoms with Gasteiger partial charge >= 0.3 is 0 Å². The molecule has 0 spiro atoms. The normalized spacial score (nSPS) is 28.2. The molecule has 4 heteroatoms. The summed E-state index contributed by atoms with van der Waals surface area (Å²) in [5.74, 6) is -0.120. The lowest BCUT2D eigenvalue weighted by Gasteiger charge is -2.31. The van der Waals surface area contributed by atoms with Gasteiger partial charge in [-0.05, 0) is 13.3 Å². The van der Waals surface area contributed by atoms with E-state index in [1.807, 2.05) is 0 Å². The van der Waals surface area contributed by atoms with Crippen molar-refractivity contribution in [3.63, 3.8) is 0 Å². The Morgan fingerprint density at radius 3 is 2.69 bits per heavy atom. The van der Waals surface area contributed by atoms with E-state index in [1.54, 1.807) is 6.92 Å². The smallest absolute Gasteiger partial charge is 0.250 e. The number of halogens is 1. The number of hydrogen-bond acceptors (Lipinski definition) is 2. The van der Waals surface area contributed by atoms with Gasteiger partial charge in [-0.25, -0.2) is 0 Å². The van der Waals surface area contributed by atoms with Crippen LogP contribution in [0.5, 0.6) is 0 Å². The van der Waals surface area contributed by atoms with Gasteiger partial charge in [-0.15, -0.1) is 0 Å². The average molecular weight is 248 g/mol. The number of hydrogen-bond donors (Lipinski definition) is 1. The molecule has 74 valence electrons. The van der Waals surface area contributed by atoms with Crippen molar-refractivity contribution in [2.75, 3.05) is 6.54 Å². The van der Waals surface area contributed by atoms with Crippen LogP contribution in [0.1, 0.15) is 26.7 Å². The van der Waals surface area contributed by atoms with E-state index in [2.05, 4.69) is 22.9 Å². The largest absolute Gasteiger partial charge is 0.366 e. The quantitative estimate of drug-likeness (QED) is 0.824. The molecule has 0 radical (unpaired) electrons. The van der Waals surface area contributed by atoms with Gasteiger partial charge in [0.25, 0.3) is 0 Å². The van der Waals surface area contributed by atoms with Crippen LogP contribution >= 0.6 is 15.9 Å². The zero-order chi connectivity index (χ0) is 10.1. The Hall–Kier alpha value is -0.350. The van der Waals surface area contributed by atoms with Crippen LogP contribution < -0.4 is 0 Å². The molecule has 0 aromatic carbocycles. The van der Waals surface area contributed by atoms with Gasteiger partial charge in [0, 0.05) is 12.6 Å². The molecule has 0 saturated heterocycles. The van der Waals surface area contributed by atoms with Gasteiger partial charge in [0.2, 0.25) is 5.91 Å². The first-order valence-corrected chi connectivity index (χ1v) is 5.21. The van der Waals surface area contributed by atoms with Gasteiger partial charge in [0.1, 0.15) is 0 Å². The number of unbranched alkanes of at least 4 members (excludes halogenated alkanes) is 1. The molecule has 0 saturated carbocycles. The minimum absolute atomic E-state index is 0.120. The third-order valence-electron chi connectivity index (χ3n) is 2.23. The molecule has 3 nitrogen and oxygen atoms in total. The van der Waals surface area contributed by atoms with Crippen molar-refractivity contribution in [3.8, 4) is 0 Å². The Morgan fingerprint density at radius 1 is 1.69 bits per heavy atom. The standard InChI is InChI=1S/C9H14BrNO2/c1-3-4-5-11-8(12)6-7(10)9(11,2)13/h6,13H,3-5H2,1-2H3. The molecule has 1 amide bonds. The highest BCUT2D eigenvalue weighted by atomic mass is 79.9. The first-order valence-electron chi connectivity index (χ1n) is 4.41. The van der Waals surface area contributed by atoms with Crippen molar-refractivity contribution in [1.29, 1.82) is 0 Å². The molecule has 0 fully saturated rings. The molecule has 1 N–H and O–H groups in total. The molecule has 0 aliphatic carbocycles. The maximum atomic E-state index is 11.4. The minimum atomic E-state index is -1.15. The molecule has 1 heterocycles. The molecule has 0 bridgehead atoms. The van der Waals surface area contributed by atoms with Gasteiger partial charge in [0.15, 0.2) is 5.72 Å². The number of nitrogens with zero attached hydrogens (tertiary/aromatic N) is 1. The zero-order valence-corrected chi connectivity index (χ0v) is 9.47. The monoisotopic (exact) mass is 247 g/mol. The SMILES string of the molecule is CCCCN1C(=O)C=C(Br)C1(C)O.